The van der Waals surface area contributed by atoms with Gasteiger partial charge in [0.1, 0.15) is 33.0 Å². The normalized spacial score (nSPS) is 21.4. The molecule has 1 atom stereocenters. The van der Waals surface area contributed by atoms with E-state index in [0.29, 0.717) is 51.7 Å². The molecule has 1 aliphatic heterocycles. The average Bonchev–Trinajstić information content (AvgIpc) is 2.80. The van der Waals surface area contributed by atoms with Gasteiger partial charge in [-0.3, -0.25) is 9.59 Å². The number of aromatic amines is 1. The van der Waals surface area contributed by atoms with Gasteiger partial charge in [0.15, 0.2) is 11.5 Å². The van der Waals surface area contributed by atoms with Crippen LogP contribution in [0.5, 0.6) is 11.5 Å². The van der Waals surface area contributed by atoms with E-state index in [1.807, 2.05) is 26.8 Å². The van der Waals surface area contributed by atoms with Crippen molar-refractivity contribution < 1.29 is 18.8 Å². The summed E-state index contributed by atoms with van der Waals surface area (Å²) in [6.45, 7) is 6.13. The number of hydrogen-bond acceptors (Lipinski definition) is 4. The molecule has 4 rings (SSSR count). The Morgan fingerprint density at radius 3 is 2.54 bits per heavy atom. The first-order valence-corrected chi connectivity index (χ1v) is 12.6. The molecule has 2 heterocycles. The number of amides is 1. The number of nitrogens with one attached hydrogen (secondary N) is 2. The lowest BCUT2D eigenvalue weighted by Gasteiger charge is -2.36. The van der Waals surface area contributed by atoms with Gasteiger partial charge in [0.05, 0.1) is 5.02 Å². The first-order valence-electron chi connectivity index (χ1n) is 12.3. The van der Waals surface area contributed by atoms with E-state index in [9.17, 15) is 9.59 Å². The number of carbonyl (C=O) groups is 1. The Kier molecular flexibility index (Phi) is 7.55. The lowest BCUT2D eigenvalue weighted by atomic mass is 9.79. The number of ether oxygens (including phenoxy) is 2. The van der Waals surface area contributed by atoms with E-state index >= 15 is 0 Å². The molecule has 1 aliphatic carbocycles. The molecule has 7 nitrogen and oxygen atoms in total. The number of benzene rings is 1. The van der Waals surface area contributed by atoms with Gasteiger partial charge in [-0.05, 0) is 70.1 Å². The van der Waals surface area contributed by atoms with Crippen molar-refractivity contribution in [2.24, 2.45) is 11.8 Å². The molecule has 0 spiro atoms. The van der Waals surface area contributed by atoms with Crippen LogP contribution in [0.2, 0.25) is 5.02 Å². The Hall–Kier alpha value is -2.80. The molecular weight excluding hydrogens is 466 g/mol. The van der Waals surface area contributed by atoms with Crippen LogP contribution in [0.25, 0.3) is 0 Å². The van der Waals surface area contributed by atoms with Crippen LogP contribution in [0.3, 0.4) is 0 Å². The van der Waals surface area contributed by atoms with Crippen LogP contribution in [-0.4, -0.2) is 48.5 Å². The van der Waals surface area contributed by atoms with Crippen LogP contribution in [-0.2, 0) is 6.54 Å². The number of carbonyl (C=O) groups excluding carboxylic acids is 1. The van der Waals surface area contributed by atoms with Crippen LogP contribution in [0.15, 0.2) is 16.9 Å². The number of rotatable bonds is 5. The molecule has 35 heavy (non-hydrogen) atoms. The molecule has 2 N–H and O–H groups in total. The predicted octanol–water partition coefficient (Wildman–Crippen LogP) is 4.17. The Bertz CT molecular complexity index is 1210. The zero-order chi connectivity index (χ0) is 25.3. The molecule has 8 heteroatoms. The van der Waals surface area contributed by atoms with Gasteiger partial charge in [-0.2, -0.15) is 0 Å². The highest BCUT2D eigenvalue weighted by Crippen LogP contribution is 2.45. The Balaban J connectivity index is 1.49. The third kappa shape index (κ3) is 5.56. The predicted molar refractivity (Wildman–Crippen MR) is 137 cm³/mol. The summed E-state index contributed by atoms with van der Waals surface area (Å²) < 4.78 is 14.6. The second kappa shape index (κ2) is 10.4. The number of pyridine rings is 1. The fraction of sp³-hybridized carbons (Fsp3) is 0.519. The standard InChI is InChI=1S/C27H34ClN3O4/c1-15-10-16(2)30-27(33)21(15)12-29-26(32)20-11-22(28)25-24(17(20)3)35-23(14-34-25)19-8-6-18(7-9-19)13-31(4)5/h10-11,13,18-19,23H,6-9,12,14H2,1-5H3,(H-,29,30,32,33)/p+1/t18?,19?,23-/m1/s1. The highest BCUT2D eigenvalue weighted by Gasteiger charge is 2.35. The van der Waals surface area contributed by atoms with Crippen LogP contribution < -0.4 is 20.3 Å². The summed E-state index contributed by atoms with van der Waals surface area (Å²) in [4.78, 5) is 28.2. The van der Waals surface area contributed by atoms with E-state index in [-0.39, 0.29) is 24.1 Å². The first-order chi connectivity index (χ1) is 16.6. The number of H-pyrrole nitrogens is 1. The van der Waals surface area contributed by atoms with Crippen molar-refractivity contribution in [1.82, 2.24) is 10.3 Å². The van der Waals surface area contributed by atoms with Crippen LogP contribution >= 0.6 is 11.6 Å². The van der Waals surface area contributed by atoms with E-state index in [0.717, 1.165) is 36.9 Å². The highest BCUT2D eigenvalue weighted by atomic mass is 35.5. The maximum Gasteiger partial charge on any atom is 0.253 e. The van der Waals surface area contributed by atoms with Gasteiger partial charge in [-0.15, -0.1) is 0 Å². The second-order valence-corrected chi connectivity index (χ2v) is 10.5. The fourth-order valence-electron chi connectivity index (χ4n) is 5.25. The summed E-state index contributed by atoms with van der Waals surface area (Å²) in [6.07, 6.45) is 6.66. The molecule has 188 valence electrons. The number of fused-ring (bicyclic) bond motifs is 1. The van der Waals surface area contributed by atoms with Crippen molar-refractivity contribution >= 4 is 23.7 Å². The van der Waals surface area contributed by atoms with Crippen molar-refractivity contribution in [3.63, 3.8) is 0 Å². The quantitative estimate of drug-likeness (QED) is 0.476. The minimum absolute atomic E-state index is 0.0651. The molecule has 1 fully saturated rings. The van der Waals surface area contributed by atoms with Gasteiger partial charge in [0.2, 0.25) is 0 Å². The van der Waals surface area contributed by atoms with Gasteiger partial charge in [-0.1, -0.05) is 11.6 Å². The van der Waals surface area contributed by atoms with Crippen LogP contribution in [0.1, 0.15) is 58.4 Å². The molecule has 2 aliphatic rings. The summed E-state index contributed by atoms with van der Waals surface area (Å²) in [7, 11) is 4.14. The number of aryl methyl sites for hydroxylation is 2. The molecule has 1 amide bonds. The van der Waals surface area contributed by atoms with Crippen molar-refractivity contribution in [3.8, 4) is 11.5 Å². The molecule has 1 aromatic heterocycles. The summed E-state index contributed by atoms with van der Waals surface area (Å²) in [5, 5.41) is 3.21. The van der Waals surface area contributed by atoms with Crippen molar-refractivity contribution in [3.05, 3.63) is 55.5 Å². The summed E-state index contributed by atoms with van der Waals surface area (Å²) in [5.74, 6) is 1.75. The number of aromatic nitrogens is 1. The number of hydrogen-bond donors (Lipinski definition) is 2. The van der Waals surface area contributed by atoms with E-state index in [1.165, 1.54) is 0 Å². The molecule has 2 aromatic rings. The Labute approximate surface area is 211 Å². The Morgan fingerprint density at radius 1 is 1.17 bits per heavy atom. The maximum atomic E-state index is 13.1. The summed E-state index contributed by atoms with van der Waals surface area (Å²) in [5.41, 5.74) is 3.08. The van der Waals surface area contributed by atoms with Crippen molar-refractivity contribution in [1.29, 1.82) is 0 Å². The molecule has 1 aromatic carbocycles. The largest absolute Gasteiger partial charge is 0.484 e. The number of nitrogens with zero attached hydrogens (tertiary/aromatic N) is 1. The second-order valence-electron chi connectivity index (χ2n) is 10.1. The van der Waals surface area contributed by atoms with E-state index in [4.69, 9.17) is 21.1 Å². The lowest BCUT2D eigenvalue weighted by molar-refractivity contribution is -0.462. The van der Waals surface area contributed by atoms with Crippen molar-refractivity contribution in [2.45, 2.75) is 59.1 Å². The zero-order valence-electron chi connectivity index (χ0n) is 21.2. The zero-order valence-corrected chi connectivity index (χ0v) is 21.9. The van der Waals surface area contributed by atoms with Crippen molar-refractivity contribution in [2.75, 3.05) is 20.7 Å². The van der Waals surface area contributed by atoms with Crippen LogP contribution in [0.4, 0.5) is 0 Å². The summed E-state index contributed by atoms with van der Waals surface area (Å²) in [6, 6.07) is 3.50. The fourth-order valence-corrected chi connectivity index (χ4v) is 5.50. The van der Waals surface area contributed by atoms with E-state index in [1.54, 1.807) is 6.07 Å². The molecular formula is C27H35ClN3O4+. The Morgan fingerprint density at radius 2 is 1.89 bits per heavy atom. The minimum Gasteiger partial charge on any atom is -0.484 e. The SMILES string of the molecule is Cc1cc(C)c(CNC(=O)c2cc(Cl)c3c(c2C)O[C@@H](C2CCC(C=[N+](C)C)CC2)CO3)c(=O)[nH]1. The smallest absolute Gasteiger partial charge is 0.253 e. The highest BCUT2D eigenvalue weighted by molar-refractivity contribution is 6.32. The van der Waals surface area contributed by atoms with Gasteiger partial charge >= 0.3 is 0 Å². The van der Waals surface area contributed by atoms with Gasteiger partial charge < -0.3 is 19.8 Å². The summed E-state index contributed by atoms with van der Waals surface area (Å²) >= 11 is 6.50. The topological polar surface area (TPSA) is 83.4 Å². The van der Waals surface area contributed by atoms with Gasteiger partial charge in [-0.25, -0.2) is 4.58 Å². The lowest BCUT2D eigenvalue weighted by Crippen LogP contribution is -2.39. The molecule has 0 saturated heterocycles. The van der Waals surface area contributed by atoms with E-state index < -0.39 is 0 Å². The van der Waals surface area contributed by atoms with E-state index in [2.05, 4.69) is 35.2 Å². The number of halogens is 1. The van der Waals surface area contributed by atoms with Gasteiger partial charge in [0, 0.05) is 34.8 Å². The maximum absolute atomic E-state index is 13.1. The van der Waals surface area contributed by atoms with Gasteiger partial charge in [0.25, 0.3) is 11.5 Å². The first kappa shape index (κ1) is 25.3. The molecule has 1 saturated carbocycles. The average molecular weight is 501 g/mol. The monoisotopic (exact) mass is 500 g/mol. The third-order valence-corrected chi connectivity index (χ3v) is 7.40. The molecule has 0 radical (unpaired) electrons. The minimum atomic E-state index is -0.308. The molecule has 0 unspecified atom stereocenters. The third-order valence-electron chi connectivity index (χ3n) is 7.12. The molecule has 0 bridgehead atoms. The van der Waals surface area contributed by atoms with Crippen LogP contribution in [0, 0.1) is 32.6 Å².